The summed E-state index contributed by atoms with van der Waals surface area (Å²) in [7, 11) is 0. The van der Waals surface area contributed by atoms with E-state index in [4.69, 9.17) is 9.47 Å². The van der Waals surface area contributed by atoms with Crippen LogP contribution in [0.1, 0.15) is 42.6 Å². The molecule has 0 spiro atoms. The number of anilines is 1. The van der Waals surface area contributed by atoms with E-state index in [1.165, 1.54) is 0 Å². The van der Waals surface area contributed by atoms with Gasteiger partial charge < -0.3 is 14.8 Å². The molecule has 0 fully saturated rings. The number of esters is 1. The highest BCUT2D eigenvalue weighted by atomic mass is 16.5. The van der Waals surface area contributed by atoms with Gasteiger partial charge in [-0.3, -0.25) is 4.79 Å². The number of hydrogen-bond donors (Lipinski definition) is 1. The van der Waals surface area contributed by atoms with Crippen LogP contribution in [-0.2, 0) is 9.53 Å². The van der Waals surface area contributed by atoms with Crippen molar-refractivity contribution in [3.8, 4) is 5.75 Å². The minimum absolute atomic E-state index is 0.260. The molecule has 2 aromatic rings. The lowest BCUT2D eigenvalue weighted by molar-refractivity contribution is -0.122. The molecule has 1 atom stereocenters. The molecule has 0 aliphatic carbocycles. The summed E-state index contributed by atoms with van der Waals surface area (Å²) in [5.74, 6) is 0.0275. The lowest BCUT2D eigenvalue weighted by Crippen LogP contribution is -2.30. The number of amides is 1. The predicted molar refractivity (Wildman–Crippen MR) is 102 cm³/mol. The van der Waals surface area contributed by atoms with Gasteiger partial charge in [-0.1, -0.05) is 31.0 Å². The quantitative estimate of drug-likeness (QED) is 0.564. The van der Waals surface area contributed by atoms with Crippen LogP contribution in [-0.4, -0.2) is 24.6 Å². The van der Waals surface area contributed by atoms with Crippen LogP contribution >= 0.6 is 0 Å². The lowest BCUT2D eigenvalue weighted by atomic mass is 10.2. The summed E-state index contributed by atoms with van der Waals surface area (Å²) >= 11 is 0. The van der Waals surface area contributed by atoms with Gasteiger partial charge in [-0.25, -0.2) is 4.79 Å². The summed E-state index contributed by atoms with van der Waals surface area (Å²) < 4.78 is 10.8. The monoisotopic (exact) mass is 355 g/mol. The average molecular weight is 355 g/mol. The minimum Gasteiger partial charge on any atom is -0.481 e. The van der Waals surface area contributed by atoms with E-state index < -0.39 is 6.10 Å². The lowest BCUT2D eigenvalue weighted by Gasteiger charge is -2.15. The molecule has 5 heteroatoms. The van der Waals surface area contributed by atoms with Crippen molar-refractivity contribution < 1.29 is 19.1 Å². The van der Waals surface area contributed by atoms with Crippen molar-refractivity contribution in [3.63, 3.8) is 0 Å². The Labute approximate surface area is 154 Å². The van der Waals surface area contributed by atoms with Gasteiger partial charge in [0, 0.05) is 5.69 Å². The number of ether oxygens (including phenoxy) is 2. The molecular weight excluding hydrogens is 330 g/mol. The number of nitrogens with one attached hydrogen (secondary N) is 1. The molecule has 2 rings (SSSR count). The van der Waals surface area contributed by atoms with Crippen LogP contribution in [0.4, 0.5) is 5.69 Å². The van der Waals surface area contributed by atoms with E-state index in [0.29, 0.717) is 23.6 Å². The van der Waals surface area contributed by atoms with E-state index in [1.54, 1.807) is 31.2 Å². The van der Waals surface area contributed by atoms with Crippen LogP contribution < -0.4 is 10.1 Å². The summed E-state index contributed by atoms with van der Waals surface area (Å²) in [5.41, 5.74) is 2.19. The number of unbranched alkanes of at least 4 members (excludes halogenated alkanes) is 1. The molecule has 2 aromatic carbocycles. The summed E-state index contributed by atoms with van der Waals surface area (Å²) in [6.45, 7) is 6.13. The number of aryl methyl sites for hydroxylation is 1. The Morgan fingerprint density at radius 1 is 1.04 bits per heavy atom. The van der Waals surface area contributed by atoms with Gasteiger partial charge in [0.2, 0.25) is 0 Å². The minimum atomic E-state index is -0.642. The molecule has 0 heterocycles. The van der Waals surface area contributed by atoms with Gasteiger partial charge in [0.25, 0.3) is 5.91 Å². The number of carbonyl (C=O) groups excluding carboxylic acids is 2. The molecule has 1 N–H and O–H groups in total. The Hall–Kier alpha value is -2.82. The topological polar surface area (TPSA) is 64.6 Å². The first-order chi connectivity index (χ1) is 12.5. The zero-order valence-electron chi connectivity index (χ0n) is 15.5. The van der Waals surface area contributed by atoms with Crippen molar-refractivity contribution in [1.29, 1.82) is 0 Å². The van der Waals surface area contributed by atoms with Gasteiger partial charge >= 0.3 is 5.97 Å². The number of benzene rings is 2. The first kappa shape index (κ1) is 19.5. The van der Waals surface area contributed by atoms with Crippen LogP contribution in [0.2, 0.25) is 0 Å². The predicted octanol–water partition coefficient (Wildman–Crippen LogP) is 4.36. The molecule has 0 radical (unpaired) electrons. The van der Waals surface area contributed by atoms with E-state index in [-0.39, 0.29) is 11.9 Å². The fourth-order valence-corrected chi connectivity index (χ4v) is 2.20. The van der Waals surface area contributed by atoms with Gasteiger partial charge in [0.1, 0.15) is 5.75 Å². The molecule has 138 valence electrons. The van der Waals surface area contributed by atoms with Gasteiger partial charge in [0.05, 0.1) is 12.2 Å². The molecule has 0 unspecified atom stereocenters. The standard InChI is InChI=1S/C21H25NO4/c1-4-5-14-25-21(24)17-8-10-18(11-9-17)22-20(23)16(3)26-19-12-6-15(2)7-13-19/h6-13,16H,4-5,14H2,1-3H3,(H,22,23)/t16-/m1/s1. The van der Waals surface area contributed by atoms with Gasteiger partial charge in [0.15, 0.2) is 6.10 Å². The average Bonchev–Trinajstić information content (AvgIpc) is 2.64. The molecule has 26 heavy (non-hydrogen) atoms. The molecule has 0 saturated carbocycles. The summed E-state index contributed by atoms with van der Waals surface area (Å²) in [5, 5.41) is 2.78. The Balaban J connectivity index is 1.88. The highest BCUT2D eigenvalue weighted by Gasteiger charge is 2.15. The smallest absolute Gasteiger partial charge is 0.338 e. The van der Waals surface area contributed by atoms with Crippen molar-refractivity contribution in [1.82, 2.24) is 0 Å². The molecular formula is C21H25NO4. The van der Waals surface area contributed by atoms with Gasteiger partial charge in [-0.05, 0) is 56.7 Å². The summed E-state index contributed by atoms with van der Waals surface area (Å²) in [6.07, 6.45) is 1.18. The van der Waals surface area contributed by atoms with Crippen LogP contribution in [0.3, 0.4) is 0 Å². The second-order valence-electron chi connectivity index (χ2n) is 6.13. The highest BCUT2D eigenvalue weighted by molar-refractivity contribution is 5.95. The summed E-state index contributed by atoms with van der Waals surface area (Å²) in [6, 6.07) is 14.1. The van der Waals surface area contributed by atoms with E-state index in [1.807, 2.05) is 38.1 Å². The Morgan fingerprint density at radius 3 is 2.31 bits per heavy atom. The van der Waals surface area contributed by atoms with Crippen molar-refractivity contribution in [2.75, 3.05) is 11.9 Å². The highest BCUT2D eigenvalue weighted by Crippen LogP contribution is 2.15. The zero-order valence-corrected chi connectivity index (χ0v) is 15.5. The van der Waals surface area contributed by atoms with Crippen molar-refractivity contribution in [2.45, 2.75) is 39.7 Å². The van der Waals surface area contributed by atoms with Crippen molar-refractivity contribution >= 4 is 17.6 Å². The fraction of sp³-hybridized carbons (Fsp3) is 0.333. The first-order valence-electron chi connectivity index (χ1n) is 8.81. The fourth-order valence-electron chi connectivity index (χ4n) is 2.20. The zero-order chi connectivity index (χ0) is 18.9. The van der Waals surface area contributed by atoms with E-state index in [2.05, 4.69) is 5.32 Å². The normalized spacial score (nSPS) is 11.5. The molecule has 0 bridgehead atoms. The first-order valence-corrected chi connectivity index (χ1v) is 8.81. The van der Waals surface area contributed by atoms with Crippen molar-refractivity contribution in [2.24, 2.45) is 0 Å². The van der Waals surface area contributed by atoms with E-state index in [9.17, 15) is 9.59 Å². The third kappa shape index (κ3) is 5.92. The molecule has 5 nitrogen and oxygen atoms in total. The Morgan fingerprint density at radius 2 is 1.69 bits per heavy atom. The Bertz CT molecular complexity index is 723. The van der Waals surface area contributed by atoms with Gasteiger partial charge in [-0.2, -0.15) is 0 Å². The molecule has 0 aliphatic rings. The third-order valence-electron chi connectivity index (χ3n) is 3.82. The maximum Gasteiger partial charge on any atom is 0.338 e. The van der Waals surface area contributed by atoms with Crippen LogP contribution in [0.5, 0.6) is 5.75 Å². The van der Waals surface area contributed by atoms with Crippen LogP contribution in [0.25, 0.3) is 0 Å². The molecule has 1 amide bonds. The summed E-state index contributed by atoms with van der Waals surface area (Å²) in [4.78, 5) is 24.1. The number of rotatable bonds is 8. The Kier molecular flexibility index (Phi) is 7.21. The van der Waals surface area contributed by atoms with Crippen LogP contribution in [0.15, 0.2) is 48.5 Å². The third-order valence-corrected chi connectivity index (χ3v) is 3.82. The van der Waals surface area contributed by atoms with E-state index in [0.717, 1.165) is 18.4 Å². The molecule has 0 aromatic heterocycles. The molecule has 0 aliphatic heterocycles. The second kappa shape index (κ2) is 9.61. The van der Waals surface area contributed by atoms with E-state index >= 15 is 0 Å². The maximum atomic E-state index is 12.2. The van der Waals surface area contributed by atoms with Gasteiger partial charge in [-0.15, -0.1) is 0 Å². The van der Waals surface area contributed by atoms with Crippen LogP contribution in [0, 0.1) is 6.92 Å². The molecule has 0 saturated heterocycles. The van der Waals surface area contributed by atoms with Crippen molar-refractivity contribution in [3.05, 3.63) is 59.7 Å². The maximum absolute atomic E-state index is 12.2. The number of carbonyl (C=O) groups is 2. The number of hydrogen-bond acceptors (Lipinski definition) is 4. The largest absolute Gasteiger partial charge is 0.481 e. The SMILES string of the molecule is CCCCOC(=O)c1ccc(NC(=O)[C@@H](C)Oc2ccc(C)cc2)cc1. The second-order valence-corrected chi connectivity index (χ2v) is 6.13.